The van der Waals surface area contributed by atoms with Crippen LogP contribution in [-0.2, 0) is 19.3 Å². The molecule has 6 nitrogen and oxygen atoms in total. The standard InChI is InChI=1S/C19H20ClF3N6S/c1-13-8-17(19(21,22)23)27-29(13)7-3-6-24-18(30)26-16-10-25-28(12-16)11-14-4-2-5-15(20)9-14/h2,4-5,8-10,12H,3,6-7,11H2,1H3,(H2,24,26,30). The number of nitrogens with zero attached hydrogens (tertiary/aromatic N) is 4. The third kappa shape index (κ3) is 6.20. The molecule has 0 atom stereocenters. The molecule has 11 heteroatoms. The Hall–Kier alpha value is -2.59. The van der Waals surface area contributed by atoms with Crippen LogP contribution in [0.1, 0.15) is 23.4 Å². The number of benzene rings is 1. The van der Waals surface area contributed by atoms with Crippen LogP contribution in [0.4, 0.5) is 18.9 Å². The van der Waals surface area contributed by atoms with Gasteiger partial charge in [0, 0.05) is 30.0 Å². The van der Waals surface area contributed by atoms with Crippen LogP contribution in [0.15, 0.2) is 42.7 Å². The van der Waals surface area contributed by atoms with Gasteiger partial charge in [-0.3, -0.25) is 9.36 Å². The van der Waals surface area contributed by atoms with Gasteiger partial charge in [-0.15, -0.1) is 0 Å². The normalized spacial score (nSPS) is 11.5. The van der Waals surface area contributed by atoms with Crippen molar-refractivity contribution in [1.29, 1.82) is 0 Å². The lowest BCUT2D eigenvalue weighted by molar-refractivity contribution is -0.141. The van der Waals surface area contributed by atoms with Crippen LogP contribution in [0.25, 0.3) is 0 Å². The van der Waals surface area contributed by atoms with Crippen molar-refractivity contribution in [3.63, 3.8) is 0 Å². The number of anilines is 1. The van der Waals surface area contributed by atoms with E-state index >= 15 is 0 Å². The average molecular weight is 457 g/mol. The van der Waals surface area contributed by atoms with E-state index in [4.69, 9.17) is 23.8 Å². The molecule has 0 aliphatic heterocycles. The summed E-state index contributed by atoms with van der Waals surface area (Å²) >= 11 is 11.2. The summed E-state index contributed by atoms with van der Waals surface area (Å²) < 4.78 is 41.2. The van der Waals surface area contributed by atoms with E-state index in [0.717, 1.165) is 17.3 Å². The molecule has 0 saturated carbocycles. The maximum atomic E-state index is 12.7. The van der Waals surface area contributed by atoms with Crippen molar-refractivity contribution in [2.45, 2.75) is 32.6 Å². The molecule has 0 saturated heterocycles. The first-order valence-corrected chi connectivity index (χ1v) is 9.93. The van der Waals surface area contributed by atoms with Crippen molar-refractivity contribution in [2.75, 3.05) is 11.9 Å². The first kappa shape index (κ1) is 22.1. The second-order valence-corrected chi connectivity index (χ2v) is 7.53. The summed E-state index contributed by atoms with van der Waals surface area (Å²) in [5, 5.41) is 15.0. The Bertz CT molecular complexity index is 1010. The second-order valence-electron chi connectivity index (χ2n) is 6.68. The predicted molar refractivity (Wildman–Crippen MR) is 114 cm³/mol. The van der Waals surface area contributed by atoms with Crippen LogP contribution in [0.2, 0.25) is 5.02 Å². The lowest BCUT2D eigenvalue weighted by atomic mass is 10.2. The van der Waals surface area contributed by atoms with Gasteiger partial charge in [0.15, 0.2) is 10.8 Å². The van der Waals surface area contributed by atoms with Crippen LogP contribution in [0.3, 0.4) is 0 Å². The van der Waals surface area contributed by atoms with E-state index in [2.05, 4.69) is 20.8 Å². The third-order valence-electron chi connectivity index (χ3n) is 4.23. The number of halogens is 4. The van der Waals surface area contributed by atoms with E-state index in [9.17, 15) is 13.2 Å². The van der Waals surface area contributed by atoms with Crippen LogP contribution in [0.5, 0.6) is 0 Å². The highest BCUT2D eigenvalue weighted by atomic mass is 35.5. The number of nitrogens with one attached hydrogen (secondary N) is 2. The zero-order chi connectivity index (χ0) is 21.7. The Morgan fingerprint density at radius 1 is 1.27 bits per heavy atom. The highest BCUT2D eigenvalue weighted by Gasteiger charge is 2.34. The first-order chi connectivity index (χ1) is 14.2. The SMILES string of the molecule is Cc1cc(C(F)(F)F)nn1CCCNC(=S)Nc1cnn(Cc2cccc(Cl)c2)c1. The minimum atomic E-state index is -4.43. The van der Waals surface area contributed by atoms with E-state index < -0.39 is 11.9 Å². The molecule has 2 heterocycles. The Kier molecular flexibility index (Phi) is 6.99. The number of alkyl halides is 3. The number of hydrogen-bond donors (Lipinski definition) is 2. The van der Waals surface area contributed by atoms with Crippen LogP contribution in [0, 0.1) is 6.92 Å². The van der Waals surface area contributed by atoms with E-state index in [1.54, 1.807) is 17.8 Å². The molecule has 30 heavy (non-hydrogen) atoms. The molecule has 0 aliphatic carbocycles. The Morgan fingerprint density at radius 3 is 2.77 bits per heavy atom. The third-order valence-corrected chi connectivity index (χ3v) is 4.71. The predicted octanol–water partition coefficient (Wildman–Crippen LogP) is 4.49. The van der Waals surface area contributed by atoms with Gasteiger partial charge in [0.1, 0.15) is 0 Å². The van der Waals surface area contributed by atoms with Gasteiger partial charge in [-0.2, -0.15) is 23.4 Å². The van der Waals surface area contributed by atoms with Gasteiger partial charge in [0.2, 0.25) is 0 Å². The molecule has 0 aliphatic rings. The summed E-state index contributed by atoms with van der Waals surface area (Å²) in [5.74, 6) is 0. The van der Waals surface area contributed by atoms with Gasteiger partial charge in [-0.25, -0.2) is 0 Å². The van der Waals surface area contributed by atoms with Crippen LogP contribution < -0.4 is 10.6 Å². The zero-order valence-corrected chi connectivity index (χ0v) is 17.7. The fourth-order valence-electron chi connectivity index (χ4n) is 2.82. The molecule has 2 aromatic heterocycles. The van der Waals surface area contributed by atoms with Gasteiger partial charge < -0.3 is 10.6 Å². The largest absolute Gasteiger partial charge is 0.435 e. The van der Waals surface area contributed by atoms with Gasteiger partial charge in [0.05, 0.1) is 18.4 Å². The topological polar surface area (TPSA) is 59.7 Å². The molecule has 160 valence electrons. The quantitative estimate of drug-likeness (QED) is 0.405. The second kappa shape index (κ2) is 9.48. The Balaban J connectivity index is 1.42. The Morgan fingerprint density at radius 2 is 2.07 bits per heavy atom. The van der Waals surface area contributed by atoms with Crippen molar-refractivity contribution in [2.24, 2.45) is 0 Å². The molecule has 1 aromatic carbocycles. The molecule has 0 radical (unpaired) electrons. The monoisotopic (exact) mass is 456 g/mol. The number of aryl methyl sites for hydroxylation is 2. The average Bonchev–Trinajstić information content (AvgIpc) is 3.25. The maximum absolute atomic E-state index is 12.7. The summed E-state index contributed by atoms with van der Waals surface area (Å²) in [6, 6.07) is 8.58. The molecule has 0 spiro atoms. The number of thiocarbonyl (C=S) groups is 1. The van der Waals surface area contributed by atoms with Crippen molar-refractivity contribution in [1.82, 2.24) is 24.9 Å². The van der Waals surface area contributed by atoms with Crippen molar-refractivity contribution >= 4 is 34.6 Å². The molecular formula is C19H20ClF3N6S. The first-order valence-electron chi connectivity index (χ1n) is 9.14. The van der Waals surface area contributed by atoms with Crippen LogP contribution >= 0.6 is 23.8 Å². The van der Waals surface area contributed by atoms with E-state index in [1.165, 1.54) is 4.68 Å². The summed E-state index contributed by atoms with van der Waals surface area (Å²) in [7, 11) is 0. The minimum Gasteiger partial charge on any atom is -0.362 e. The molecule has 2 N–H and O–H groups in total. The van der Waals surface area contributed by atoms with Gasteiger partial charge in [0.25, 0.3) is 0 Å². The maximum Gasteiger partial charge on any atom is 0.435 e. The van der Waals surface area contributed by atoms with E-state index in [1.807, 2.05) is 30.5 Å². The van der Waals surface area contributed by atoms with Crippen molar-refractivity contribution < 1.29 is 13.2 Å². The highest BCUT2D eigenvalue weighted by molar-refractivity contribution is 7.80. The number of rotatable bonds is 7. The Labute approximate surface area is 182 Å². The number of hydrogen-bond acceptors (Lipinski definition) is 3. The zero-order valence-electron chi connectivity index (χ0n) is 16.1. The lowest BCUT2D eigenvalue weighted by Crippen LogP contribution is -2.29. The van der Waals surface area contributed by atoms with Crippen LogP contribution in [-0.4, -0.2) is 31.2 Å². The minimum absolute atomic E-state index is 0.356. The van der Waals surface area contributed by atoms with Crippen molar-refractivity contribution in [3.8, 4) is 0 Å². The lowest BCUT2D eigenvalue weighted by Gasteiger charge is -2.09. The molecule has 3 rings (SSSR count). The molecule has 0 bridgehead atoms. The summed E-state index contributed by atoms with van der Waals surface area (Å²) in [4.78, 5) is 0. The van der Waals surface area contributed by atoms with Gasteiger partial charge in [-0.1, -0.05) is 23.7 Å². The summed E-state index contributed by atoms with van der Waals surface area (Å²) in [6.45, 7) is 3.02. The molecule has 0 amide bonds. The van der Waals surface area contributed by atoms with Gasteiger partial charge in [-0.05, 0) is 49.3 Å². The highest BCUT2D eigenvalue weighted by Crippen LogP contribution is 2.28. The van der Waals surface area contributed by atoms with Gasteiger partial charge >= 0.3 is 6.18 Å². The van der Waals surface area contributed by atoms with E-state index in [-0.39, 0.29) is 0 Å². The smallest absolute Gasteiger partial charge is 0.362 e. The fraction of sp³-hybridized carbons (Fsp3) is 0.316. The molecular weight excluding hydrogens is 437 g/mol. The molecule has 0 fully saturated rings. The summed E-state index contributed by atoms with van der Waals surface area (Å²) in [5.41, 5.74) is 1.35. The van der Waals surface area contributed by atoms with E-state index in [0.29, 0.717) is 41.9 Å². The number of aromatic nitrogens is 4. The summed E-state index contributed by atoms with van der Waals surface area (Å²) in [6.07, 6.45) is -0.391. The molecule has 0 unspecified atom stereocenters. The molecule has 3 aromatic rings. The van der Waals surface area contributed by atoms with Crippen molar-refractivity contribution in [3.05, 3.63) is 64.7 Å². The fourth-order valence-corrected chi connectivity index (χ4v) is 3.25.